The van der Waals surface area contributed by atoms with Crippen molar-refractivity contribution in [2.45, 2.75) is 15.2 Å². The Morgan fingerprint density at radius 3 is 1.34 bits per heavy atom. The van der Waals surface area contributed by atoms with Crippen LogP contribution < -0.4 is 20.7 Å². The highest BCUT2D eigenvalue weighted by Crippen LogP contribution is 2.64. The lowest BCUT2D eigenvalue weighted by molar-refractivity contribution is 0.724. The Morgan fingerprint density at radius 2 is 0.800 bits per heavy atom. The van der Waals surface area contributed by atoms with Gasteiger partial charge in [-0.3, -0.25) is 9.13 Å². The van der Waals surface area contributed by atoms with E-state index in [2.05, 4.69) is 12.1 Å². The van der Waals surface area contributed by atoms with Gasteiger partial charge in [0.1, 0.15) is 0 Å². The summed E-state index contributed by atoms with van der Waals surface area (Å²) in [4.78, 5) is 15.4. The van der Waals surface area contributed by atoms with Crippen LogP contribution in [0.2, 0.25) is 0 Å². The average Bonchev–Trinajstić information content (AvgIpc) is 1.54. The van der Waals surface area contributed by atoms with Gasteiger partial charge in [0, 0.05) is 36.9 Å². The van der Waals surface area contributed by atoms with Gasteiger partial charge < -0.3 is 0 Å². The molecule has 18 rings (SSSR count). The summed E-state index contributed by atoms with van der Waals surface area (Å²) < 4.78 is 289. The Bertz CT molecular complexity index is 6760. The molecule has 0 radical (unpaired) electrons. The van der Waals surface area contributed by atoms with Gasteiger partial charge in [-0.2, -0.15) is 15.0 Å². The van der Waals surface area contributed by atoms with E-state index in [0.29, 0.717) is 15.4 Å². The van der Waals surface area contributed by atoms with Crippen molar-refractivity contribution in [1.29, 1.82) is 0 Å². The van der Waals surface area contributed by atoms with Gasteiger partial charge in [0.2, 0.25) is 11.9 Å². The lowest BCUT2D eigenvalue weighted by Crippen LogP contribution is -2.74. The first-order chi connectivity index (χ1) is 54.6. The van der Waals surface area contributed by atoms with Crippen LogP contribution in [0, 0.1) is 0 Å². The first-order valence-corrected chi connectivity index (χ1v) is 29.4. The molecule has 0 saturated heterocycles. The molecule has 0 fully saturated rings. The normalized spacial score (nSPS) is 18.2. The van der Waals surface area contributed by atoms with Crippen molar-refractivity contribution in [2.75, 3.05) is 0 Å². The van der Waals surface area contributed by atoms with Crippen molar-refractivity contribution in [1.82, 2.24) is 24.1 Å². The molecule has 1 aliphatic carbocycles. The fourth-order valence-electron chi connectivity index (χ4n) is 12.9. The molecule has 0 saturated carbocycles. The van der Waals surface area contributed by atoms with Gasteiger partial charge in [0.15, 0.2) is 13.9 Å². The topological polar surface area (TPSA) is 48.5 Å². The van der Waals surface area contributed by atoms with Crippen LogP contribution in [0.4, 0.5) is 0 Å². The number of para-hydroxylation sites is 4. The second-order valence-electron chi connectivity index (χ2n) is 20.3. The molecule has 1 aliphatic heterocycles. The van der Waals surface area contributed by atoms with Crippen LogP contribution in [0.15, 0.2) is 306 Å². The Balaban J connectivity index is 1.05. The minimum absolute atomic E-state index is 0.231. The Labute approximate surface area is 538 Å². The zero-order chi connectivity index (χ0) is 81.9. The van der Waals surface area contributed by atoms with E-state index in [4.69, 9.17) is 28.7 Å². The number of fused-ring (bicyclic) bond motifs is 19. The predicted molar refractivity (Wildman–Crippen MR) is 354 cm³/mol. The van der Waals surface area contributed by atoms with Crippen LogP contribution in [0.25, 0.3) is 99.6 Å². The highest BCUT2D eigenvalue weighted by molar-refractivity contribution is 7.99. The Kier molecular flexibility index (Phi) is 5.95. The molecule has 5 nitrogen and oxygen atoms in total. The first kappa shape index (κ1) is 27.3. The number of aromatic nitrogens is 5. The van der Waals surface area contributed by atoms with Crippen LogP contribution in [0.1, 0.15) is 63.4 Å². The second kappa shape index (κ2) is 18.5. The third-order valence-electron chi connectivity index (χ3n) is 16.3. The minimum Gasteiger partial charge on any atom is -0.278 e. The zero-order valence-electron chi connectivity index (χ0n) is 73.6. The zero-order valence-corrected chi connectivity index (χ0v) is 45.4. The van der Waals surface area contributed by atoms with E-state index in [1.807, 2.05) is 84.9 Å². The summed E-state index contributed by atoms with van der Waals surface area (Å²) in [5.74, 6) is -3.06. The molecular formula is C78H49N5SSi. The second-order valence-corrected chi connectivity index (χ2v) is 25.0. The monoisotopic (exact) mass is 1150 g/mol. The van der Waals surface area contributed by atoms with Crippen molar-refractivity contribution in [3.05, 3.63) is 319 Å². The molecule has 0 amide bonds. The average molecular weight is 1150 g/mol. The summed E-state index contributed by atoms with van der Waals surface area (Å²) in [5.41, 5.74) is -0.107. The lowest BCUT2D eigenvalue weighted by atomic mass is 9.67. The van der Waals surface area contributed by atoms with E-state index in [1.165, 1.54) is 17.8 Å². The summed E-state index contributed by atoms with van der Waals surface area (Å²) in [6, 6.07) is 6.82. The molecule has 3 aromatic heterocycles. The molecule has 0 unspecified atom stereocenters. The lowest BCUT2D eigenvalue weighted by Gasteiger charge is -2.41. The van der Waals surface area contributed by atoms with Gasteiger partial charge >= 0.3 is 0 Å². The van der Waals surface area contributed by atoms with Crippen LogP contribution in [-0.2, 0) is 5.41 Å². The molecule has 4 heterocycles. The number of benzene rings is 13. The number of nitrogens with zero attached hydrogens (tertiary/aromatic N) is 5. The number of rotatable bonds is 7. The molecule has 16 aromatic rings. The Hall–Kier alpha value is -10.4. The van der Waals surface area contributed by atoms with Gasteiger partial charge in [-0.15, -0.1) is 0 Å². The maximum absolute atomic E-state index is 11.2. The maximum Gasteiger partial charge on any atom is 0.240 e. The van der Waals surface area contributed by atoms with Crippen LogP contribution >= 0.6 is 11.8 Å². The SMILES string of the molecule is [2H]c1c([2H])c([2H])c([Si](c2ccc3c(c2)Sc2ccccc2C32c3ccc4ccccc4c3-c3c2ccc2ccccc32)(c2c([2H])c([2H])c([2H])c([2H])c2[2H])c2c([2H])c([2H])c([2H])c(-c3nc(-n4c5c([2H])c([2H])c([2H])c([2H])c5c5c([2H])c([2H])c([2H])c([2H])c54)nc(-n4c5c([2H])c([2H])c([2H])c([2H])c5c5c([2H])c([2H])c([2H])c([2H])c54)n3)c2[2H])c([2H])c1[2H]. The van der Waals surface area contributed by atoms with Gasteiger partial charge in [-0.1, -0.05) is 272 Å². The van der Waals surface area contributed by atoms with Crippen molar-refractivity contribution < 1.29 is 41.1 Å². The van der Waals surface area contributed by atoms with Gasteiger partial charge in [-0.25, -0.2) is 0 Å². The third-order valence-corrected chi connectivity index (χ3v) is 21.6. The van der Waals surface area contributed by atoms with E-state index in [9.17, 15) is 27.4 Å². The first-order valence-electron chi connectivity index (χ1n) is 41.6. The molecule has 1 spiro atoms. The largest absolute Gasteiger partial charge is 0.278 e. The predicted octanol–water partition coefficient (Wildman–Crippen LogP) is 16.2. The van der Waals surface area contributed by atoms with E-state index in [1.54, 1.807) is 12.1 Å². The highest BCUT2D eigenvalue weighted by Gasteiger charge is 2.52. The Morgan fingerprint density at radius 1 is 0.353 bits per heavy atom. The fraction of sp³-hybridized carbons (Fsp3) is 0.0128. The number of hydrogen-bond acceptors (Lipinski definition) is 4. The number of hydrogen-bond donors (Lipinski definition) is 0. The summed E-state index contributed by atoms with van der Waals surface area (Å²) in [6.07, 6.45) is 0. The van der Waals surface area contributed by atoms with E-state index in [0.717, 1.165) is 58.5 Å². The molecule has 7 heteroatoms. The van der Waals surface area contributed by atoms with Gasteiger partial charge in [-0.05, 0) is 112 Å². The van der Waals surface area contributed by atoms with Crippen molar-refractivity contribution >= 4 is 106 Å². The summed E-state index contributed by atoms with van der Waals surface area (Å²) in [7, 11) is -6.16. The molecule has 0 N–H and O–H groups in total. The van der Waals surface area contributed by atoms with Crippen LogP contribution in [-0.4, -0.2) is 32.2 Å². The molecule has 85 heavy (non-hydrogen) atoms. The summed E-state index contributed by atoms with van der Waals surface area (Å²) in [5, 5.41) is -1.35. The van der Waals surface area contributed by atoms with Crippen molar-refractivity contribution in [3.63, 3.8) is 0 Å². The summed E-state index contributed by atoms with van der Waals surface area (Å²) in [6.45, 7) is 0. The molecule has 2 aliphatic rings. The van der Waals surface area contributed by atoms with E-state index < -0.39 is 277 Å². The highest BCUT2D eigenvalue weighted by atomic mass is 32.2. The van der Waals surface area contributed by atoms with Crippen molar-refractivity contribution in [3.8, 4) is 34.4 Å². The molecule has 0 bridgehead atoms. The van der Waals surface area contributed by atoms with Crippen LogP contribution in [0.3, 0.4) is 0 Å². The van der Waals surface area contributed by atoms with Crippen LogP contribution in [0.5, 0.6) is 0 Å². The van der Waals surface area contributed by atoms with E-state index in [-0.39, 0.29) is 5.19 Å². The smallest absolute Gasteiger partial charge is 0.240 e. The summed E-state index contributed by atoms with van der Waals surface area (Å²) >= 11 is 1.23. The fourth-order valence-corrected chi connectivity index (χ4v) is 18.2. The van der Waals surface area contributed by atoms with Crippen molar-refractivity contribution in [2.24, 2.45) is 0 Å². The quantitative estimate of drug-likeness (QED) is 0.118. The molecule has 13 aromatic carbocycles. The molecule has 396 valence electrons. The van der Waals surface area contributed by atoms with Gasteiger partial charge in [0.25, 0.3) is 0 Å². The molecule has 0 atom stereocenters. The van der Waals surface area contributed by atoms with Gasteiger partial charge in [0.05, 0.1) is 68.6 Å². The third kappa shape index (κ3) is 6.79. The minimum atomic E-state index is -6.16. The standard InChI is InChI=1S/C78H49N5SSi/c1-3-25-53(26-4-1)85(54-27-5-2-6-28-54,56-44-47-64-72(49-56)84-71-41-20-15-36-63(71)78(64)65-45-42-50-22-7-9-30-57(50)73(65)74-58-31-10-8-23-51(58)43-46-66(74)78)55-29-21-24-52(48-55)75-79-76(82-67-37-16-11-32-59(67)60-33-12-17-38-68(60)82)81-77(80-75)83-69-39-18-13-34-61(69)62-35-14-19-40-70(62)83/h1-49H/i1D,2D,3D,4D,5D,6D,11D,12D,13D,14D,16D,17D,18D,19D,21D,24D,25D,26D,27D,28D,29D,32D,33D,34D,35D,37D,38D,39D,40D,48D. The van der Waals surface area contributed by atoms with E-state index >= 15 is 0 Å². The molecular weight excluding hydrogens is 1070 g/mol. The maximum atomic E-state index is 11.2.